The van der Waals surface area contributed by atoms with E-state index in [2.05, 4.69) is 10.3 Å². The molecule has 0 saturated carbocycles. The van der Waals surface area contributed by atoms with Crippen LogP contribution in [0.5, 0.6) is 5.75 Å². The van der Waals surface area contributed by atoms with Crippen molar-refractivity contribution < 1.29 is 9.53 Å². The highest BCUT2D eigenvalue weighted by Crippen LogP contribution is 2.17. The smallest absolute Gasteiger partial charge is 0.333 e. The average molecular weight is 365 g/mol. The molecule has 3 rings (SSSR count). The number of aromatic nitrogens is 2. The number of nitrogens with zero attached hydrogens (tertiary/aromatic N) is 1. The van der Waals surface area contributed by atoms with Crippen molar-refractivity contribution in [1.82, 2.24) is 9.55 Å². The molecule has 0 aliphatic heterocycles. The van der Waals surface area contributed by atoms with Crippen LogP contribution in [0.15, 0.2) is 58.3 Å². The van der Waals surface area contributed by atoms with Gasteiger partial charge in [0, 0.05) is 11.9 Å². The van der Waals surface area contributed by atoms with Crippen molar-refractivity contribution >= 4 is 11.6 Å². The Balaban J connectivity index is 2.00. The number of benzene rings is 2. The molecule has 2 N–H and O–H groups in total. The Kier molecular flexibility index (Phi) is 4.94. The summed E-state index contributed by atoms with van der Waals surface area (Å²) in [5, 5.41) is 2.72. The number of hydrogen-bond donors (Lipinski definition) is 2. The first-order valence-electron chi connectivity index (χ1n) is 8.28. The van der Waals surface area contributed by atoms with Gasteiger partial charge in [-0.2, -0.15) is 0 Å². The molecular formula is C20H19N3O4. The quantitative estimate of drug-likeness (QED) is 0.742. The second-order valence-electron chi connectivity index (χ2n) is 6.12. The van der Waals surface area contributed by atoms with Crippen molar-refractivity contribution in [2.45, 2.75) is 13.8 Å². The molecule has 0 unspecified atom stereocenters. The zero-order valence-electron chi connectivity index (χ0n) is 15.2. The summed E-state index contributed by atoms with van der Waals surface area (Å²) in [6, 6.07) is 12.0. The van der Waals surface area contributed by atoms with E-state index in [4.69, 9.17) is 4.74 Å². The lowest BCUT2D eigenvalue weighted by atomic mass is 10.1. The molecule has 1 aromatic heterocycles. The summed E-state index contributed by atoms with van der Waals surface area (Å²) in [5.74, 6) is -0.00237. The van der Waals surface area contributed by atoms with Crippen molar-refractivity contribution in [3.8, 4) is 11.4 Å². The summed E-state index contributed by atoms with van der Waals surface area (Å²) < 4.78 is 5.99. The summed E-state index contributed by atoms with van der Waals surface area (Å²) >= 11 is 0. The lowest BCUT2D eigenvalue weighted by molar-refractivity contribution is 0.102. The molecule has 1 heterocycles. The minimum absolute atomic E-state index is 0.162. The molecule has 0 saturated heterocycles. The molecule has 2 aromatic carbocycles. The van der Waals surface area contributed by atoms with Gasteiger partial charge in [0.2, 0.25) is 0 Å². The van der Waals surface area contributed by atoms with Crippen LogP contribution in [0.4, 0.5) is 5.69 Å². The Morgan fingerprint density at radius 3 is 2.41 bits per heavy atom. The summed E-state index contributed by atoms with van der Waals surface area (Å²) in [5.41, 5.74) is 1.39. The summed E-state index contributed by atoms with van der Waals surface area (Å²) in [7, 11) is 1.52. The third kappa shape index (κ3) is 3.67. The Morgan fingerprint density at radius 1 is 1.07 bits per heavy atom. The van der Waals surface area contributed by atoms with Crippen LogP contribution in [0.25, 0.3) is 5.69 Å². The van der Waals surface area contributed by atoms with Crippen LogP contribution in [-0.2, 0) is 0 Å². The van der Waals surface area contributed by atoms with E-state index in [1.807, 2.05) is 26.0 Å². The fraction of sp³-hybridized carbons (Fsp3) is 0.150. The van der Waals surface area contributed by atoms with Crippen LogP contribution in [0, 0.1) is 13.8 Å². The molecule has 0 radical (unpaired) electrons. The molecule has 0 bridgehead atoms. The van der Waals surface area contributed by atoms with E-state index in [0.29, 0.717) is 17.1 Å². The van der Waals surface area contributed by atoms with Gasteiger partial charge < -0.3 is 15.0 Å². The van der Waals surface area contributed by atoms with E-state index in [1.165, 1.54) is 7.11 Å². The minimum atomic E-state index is -0.703. The van der Waals surface area contributed by atoms with Gasteiger partial charge in [-0.1, -0.05) is 17.7 Å². The first-order valence-corrected chi connectivity index (χ1v) is 8.28. The summed E-state index contributed by atoms with van der Waals surface area (Å²) in [6.45, 7) is 3.82. The predicted octanol–water partition coefficient (Wildman–Crippen LogP) is 2.40. The molecule has 0 aliphatic carbocycles. The van der Waals surface area contributed by atoms with Gasteiger partial charge in [-0.15, -0.1) is 0 Å². The fourth-order valence-electron chi connectivity index (χ4n) is 2.74. The zero-order valence-corrected chi connectivity index (χ0v) is 15.2. The molecule has 1 amide bonds. The number of nitrogens with one attached hydrogen (secondary N) is 2. The lowest BCUT2D eigenvalue weighted by Gasteiger charge is -2.10. The number of methoxy groups -OCH3 is 1. The number of carbonyl (C=O) groups is 1. The molecule has 27 heavy (non-hydrogen) atoms. The number of ether oxygens (including phenoxy) is 1. The van der Waals surface area contributed by atoms with Gasteiger partial charge in [0.1, 0.15) is 11.3 Å². The monoisotopic (exact) mass is 365 g/mol. The van der Waals surface area contributed by atoms with Gasteiger partial charge in [-0.25, -0.2) is 9.36 Å². The van der Waals surface area contributed by atoms with Crippen molar-refractivity contribution in [3.05, 3.63) is 86.2 Å². The zero-order chi connectivity index (χ0) is 19.6. The first kappa shape index (κ1) is 18.2. The first-order chi connectivity index (χ1) is 12.9. The second-order valence-corrected chi connectivity index (χ2v) is 6.12. The van der Waals surface area contributed by atoms with E-state index < -0.39 is 17.2 Å². The number of H-pyrrole nitrogens is 1. The molecule has 0 spiro atoms. The van der Waals surface area contributed by atoms with E-state index >= 15 is 0 Å². The lowest BCUT2D eigenvalue weighted by Crippen LogP contribution is -2.38. The van der Waals surface area contributed by atoms with Crippen molar-refractivity contribution in [1.29, 1.82) is 0 Å². The van der Waals surface area contributed by atoms with Crippen molar-refractivity contribution in [2.24, 2.45) is 0 Å². The minimum Gasteiger partial charge on any atom is -0.497 e. The third-order valence-corrected chi connectivity index (χ3v) is 4.18. The Labute approximate surface area is 155 Å². The largest absolute Gasteiger partial charge is 0.497 e. The van der Waals surface area contributed by atoms with Crippen LogP contribution >= 0.6 is 0 Å². The van der Waals surface area contributed by atoms with Gasteiger partial charge in [-0.3, -0.25) is 9.59 Å². The molecule has 7 nitrogen and oxygen atoms in total. The standard InChI is InChI=1S/C20H19N3O4/c1-12-4-9-17(13(2)10-12)22-18(24)16-11-21-20(26)23(19(16)25)14-5-7-15(27-3)8-6-14/h4-11H,1-3H3,(H,21,26)(H,22,24). The van der Waals surface area contributed by atoms with Gasteiger partial charge in [-0.05, 0) is 49.7 Å². The van der Waals surface area contributed by atoms with Gasteiger partial charge in [0.15, 0.2) is 0 Å². The van der Waals surface area contributed by atoms with Gasteiger partial charge in [0.05, 0.1) is 12.8 Å². The highest BCUT2D eigenvalue weighted by molar-refractivity contribution is 6.04. The van der Waals surface area contributed by atoms with Crippen LogP contribution < -0.4 is 21.3 Å². The molecule has 7 heteroatoms. The molecular weight excluding hydrogens is 346 g/mol. The highest BCUT2D eigenvalue weighted by Gasteiger charge is 2.16. The van der Waals surface area contributed by atoms with Crippen LogP contribution in [0.3, 0.4) is 0 Å². The SMILES string of the molecule is COc1ccc(-n2c(=O)[nH]cc(C(=O)Nc3ccc(C)cc3C)c2=O)cc1. The van der Waals surface area contributed by atoms with Crippen LogP contribution in [0.1, 0.15) is 21.5 Å². The van der Waals surface area contributed by atoms with Crippen molar-refractivity contribution in [3.63, 3.8) is 0 Å². The molecule has 3 aromatic rings. The summed E-state index contributed by atoms with van der Waals surface area (Å²) in [6.07, 6.45) is 1.13. The van der Waals surface area contributed by atoms with Crippen molar-refractivity contribution in [2.75, 3.05) is 12.4 Å². The second kappa shape index (κ2) is 7.33. The van der Waals surface area contributed by atoms with E-state index in [-0.39, 0.29) is 5.56 Å². The van der Waals surface area contributed by atoms with Crippen LogP contribution in [-0.4, -0.2) is 22.6 Å². The number of amides is 1. The van der Waals surface area contributed by atoms with Gasteiger partial charge in [0.25, 0.3) is 11.5 Å². The maximum Gasteiger partial charge on any atom is 0.333 e. The highest BCUT2D eigenvalue weighted by atomic mass is 16.5. The maximum atomic E-state index is 12.8. The topological polar surface area (TPSA) is 93.2 Å². The Morgan fingerprint density at radius 2 is 1.78 bits per heavy atom. The third-order valence-electron chi connectivity index (χ3n) is 4.18. The van der Waals surface area contributed by atoms with E-state index in [1.54, 1.807) is 30.3 Å². The maximum absolute atomic E-state index is 12.8. The molecule has 0 atom stereocenters. The Bertz CT molecular complexity index is 1110. The summed E-state index contributed by atoms with van der Waals surface area (Å²) in [4.78, 5) is 40.0. The van der Waals surface area contributed by atoms with Gasteiger partial charge >= 0.3 is 5.69 Å². The van der Waals surface area contributed by atoms with E-state index in [0.717, 1.165) is 21.9 Å². The number of aromatic amines is 1. The Hall–Kier alpha value is -3.61. The molecule has 0 aliphatic rings. The number of rotatable bonds is 4. The normalized spacial score (nSPS) is 10.5. The number of carbonyl (C=O) groups excluding carboxylic acids is 1. The predicted molar refractivity (Wildman–Crippen MR) is 103 cm³/mol. The molecule has 0 fully saturated rings. The number of aryl methyl sites for hydroxylation is 2. The molecule has 138 valence electrons. The number of anilines is 1. The van der Waals surface area contributed by atoms with Crippen LogP contribution in [0.2, 0.25) is 0 Å². The number of hydrogen-bond acceptors (Lipinski definition) is 4. The average Bonchev–Trinajstić information content (AvgIpc) is 2.64. The fourth-order valence-corrected chi connectivity index (χ4v) is 2.74. The van der Waals surface area contributed by atoms with E-state index in [9.17, 15) is 14.4 Å².